The third-order valence-corrected chi connectivity index (χ3v) is 5.81. The molecule has 0 saturated carbocycles. The highest BCUT2D eigenvalue weighted by Gasteiger charge is 2.24. The monoisotopic (exact) mass is 502 g/mol. The van der Waals surface area contributed by atoms with Gasteiger partial charge in [0.1, 0.15) is 10.4 Å². The van der Waals surface area contributed by atoms with Crippen molar-refractivity contribution in [2.45, 2.75) is 11.8 Å². The number of amides is 1. The number of carbonyl (C=O) groups excluding carboxylic acids is 1. The molecule has 0 aliphatic heterocycles. The molecule has 0 spiro atoms. The van der Waals surface area contributed by atoms with Crippen molar-refractivity contribution in [3.05, 3.63) is 57.3 Å². The van der Waals surface area contributed by atoms with Gasteiger partial charge in [0.25, 0.3) is 0 Å². The zero-order chi connectivity index (χ0) is 18.9. The van der Waals surface area contributed by atoms with Crippen LogP contribution in [0.5, 0.6) is 5.75 Å². The van der Waals surface area contributed by atoms with Gasteiger partial charge in [-0.25, -0.2) is 0 Å². The second-order valence-electron chi connectivity index (χ2n) is 5.28. The summed E-state index contributed by atoms with van der Waals surface area (Å²) in [7, 11) is -4.22. The molecule has 3 aromatic rings. The molecule has 0 aliphatic rings. The molecule has 6 nitrogen and oxygen atoms in total. The van der Waals surface area contributed by atoms with E-state index < -0.39 is 10.1 Å². The van der Waals surface area contributed by atoms with E-state index in [1.165, 1.54) is 25.3 Å². The largest absolute Gasteiger partial charge is 0.375 e. The summed E-state index contributed by atoms with van der Waals surface area (Å²) in [4.78, 5) is 15.4. The van der Waals surface area contributed by atoms with Crippen molar-refractivity contribution in [3.63, 3.8) is 0 Å². The number of anilines is 1. The van der Waals surface area contributed by atoms with Crippen molar-refractivity contribution < 1.29 is 17.4 Å². The maximum Gasteiger partial charge on any atom is 0.341 e. The highest BCUT2D eigenvalue weighted by atomic mass is 127. The third-order valence-electron chi connectivity index (χ3n) is 3.41. The van der Waals surface area contributed by atoms with Gasteiger partial charge < -0.3 is 9.50 Å². The number of pyridine rings is 1. The average Bonchev–Trinajstić information content (AvgIpc) is 2.58. The number of nitrogens with one attached hydrogen (secondary N) is 1. The van der Waals surface area contributed by atoms with Crippen LogP contribution in [-0.2, 0) is 14.9 Å². The van der Waals surface area contributed by atoms with Crippen LogP contribution in [0.25, 0.3) is 10.9 Å². The summed E-state index contributed by atoms with van der Waals surface area (Å²) >= 11 is 8.15. The van der Waals surface area contributed by atoms with E-state index in [1.807, 2.05) is 22.6 Å². The Morgan fingerprint density at radius 1 is 1.23 bits per heavy atom. The molecule has 0 bridgehead atoms. The third kappa shape index (κ3) is 3.76. The number of carbonyl (C=O) groups is 1. The van der Waals surface area contributed by atoms with Gasteiger partial charge in [-0.05, 0) is 52.9 Å². The Morgan fingerprint density at radius 3 is 2.69 bits per heavy atom. The fourth-order valence-electron chi connectivity index (χ4n) is 2.36. The first kappa shape index (κ1) is 18.9. The Bertz CT molecular complexity index is 1120. The summed E-state index contributed by atoms with van der Waals surface area (Å²) in [5.41, 5.74) is 0.478. The summed E-state index contributed by atoms with van der Waals surface area (Å²) in [5, 5.41) is 3.51. The van der Waals surface area contributed by atoms with Crippen LogP contribution in [0.4, 0.5) is 5.69 Å². The SMILES string of the molecule is CC(=O)Nc1ccccc1S(=O)(=O)Oc1c(I)cc(Cl)c2cccnc12. The number of rotatable bonds is 4. The number of aromatic nitrogens is 1. The van der Waals surface area contributed by atoms with Crippen molar-refractivity contribution >= 4 is 66.8 Å². The summed E-state index contributed by atoms with van der Waals surface area (Å²) in [6, 6.07) is 11.0. The molecule has 1 N–H and O–H groups in total. The molecular weight excluding hydrogens is 491 g/mol. The summed E-state index contributed by atoms with van der Waals surface area (Å²) in [5.74, 6) is -0.302. The molecule has 0 radical (unpaired) electrons. The zero-order valence-electron chi connectivity index (χ0n) is 13.4. The van der Waals surface area contributed by atoms with Crippen LogP contribution in [0.3, 0.4) is 0 Å². The topological polar surface area (TPSA) is 85.4 Å². The van der Waals surface area contributed by atoms with Crippen LogP contribution < -0.4 is 9.50 Å². The highest BCUT2D eigenvalue weighted by molar-refractivity contribution is 14.1. The lowest BCUT2D eigenvalue weighted by atomic mass is 10.2. The van der Waals surface area contributed by atoms with Gasteiger partial charge in [0.05, 0.1) is 14.3 Å². The van der Waals surface area contributed by atoms with Crippen molar-refractivity contribution in [1.82, 2.24) is 4.98 Å². The van der Waals surface area contributed by atoms with Crippen molar-refractivity contribution in [2.75, 3.05) is 5.32 Å². The maximum atomic E-state index is 12.8. The lowest BCUT2D eigenvalue weighted by Gasteiger charge is -2.14. The molecule has 0 fully saturated rings. The first-order valence-corrected chi connectivity index (χ1v) is 10.2. The second-order valence-corrected chi connectivity index (χ2v) is 8.37. The van der Waals surface area contributed by atoms with Crippen LogP contribution >= 0.6 is 34.2 Å². The molecule has 0 atom stereocenters. The van der Waals surface area contributed by atoms with Gasteiger partial charge in [-0.1, -0.05) is 23.7 Å². The van der Waals surface area contributed by atoms with E-state index in [2.05, 4.69) is 10.3 Å². The van der Waals surface area contributed by atoms with Gasteiger partial charge in [0.2, 0.25) is 5.91 Å². The Balaban J connectivity index is 2.13. The van der Waals surface area contributed by atoms with Crippen molar-refractivity contribution in [2.24, 2.45) is 0 Å². The summed E-state index contributed by atoms with van der Waals surface area (Å²) in [6.07, 6.45) is 1.53. The number of nitrogens with zero attached hydrogens (tertiary/aromatic N) is 1. The van der Waals surface area contributed by atoms with E-state index in [1.54, 1.807) is 30.3 Å². The molecule has 0 aliphatic carbocycles. The van der Waals surface area contributed by atoms with Crippen LogP contribution in [0, 0.1) is 3.57 Å². The number of halogens is 2. The molecular formula is C17H12ClIN2O4S. The van der Waals surface area contributed by atoms with E-state index >= 15 is 0 Å². The van der Waals surface area contributed by atoms with Crippen molar-refractivity contribution in [1.29, 1.82) is 0 Å². The van der Waals surface area contributed by atoms with Gasteiger partial charge >= 0.3 is 10.1 Å². The van der Waals surface area contributed by atoms with Crippen LogP contribution in [0.2, 0.25) is 5.02 Å². The Kier molecular flexibility index (Phi) is 5.35. The number of fused-ring (bicyclic) bond motifs is 1. The average molecular weight is 503 g/mol. The van der Waals surface area contributed by atoms with Gasteiger partial charge in [-0.3, -0.25) is 9.78 Å². The molecule has 1 aromatic heterocycles. The van der Waals surface area contributed by atoms with Crippen LogP contribution in [0.1, 0.15) is 6.92 Å². The first-order chi connectivity index (χ1) is 12.3. The van der Waals surface area contributed by atoms with Gasteiger partial charge in [0, 0.05) is 18.5 Å². The molecule has 1 heterocycles. The molecule has 9 heteroatoms. The Labute approximate surface area is 168 Å². The highest BCUT2D eigenvalue weighted by Crippen LogP contribution is 2.36. The minimum Gasteiger partial charge on any atom is -0.375 e. The smallest absolute Gasteiger partial charge is 0.341 e. The molecule has 26 heavy (non-hydrogen) atoms. The Hall–Kier alpha value is -1.91. The molecule has 2 aromatic carbocycles. The van der Waals surface area contributed by atoms with E-state index in [4.69, 9.17) is 15.8 Å². The van der Waals surface area contributed by atoms with E-state index in [0.29, 0.717) is 19.5 Å². The first-order valence-electron chi connectivity index (χ1n) is 7.33. The molecule has 0 saturated heterocycles. The summed E-state index contributed by atoms with van der Waals surface area (Å²) < 4.78 is 31.6. The van der Waals surface area contributed by atoms with Crippen LogP contribution in [0.15, 0.2) is 53.6 Å². The van der Waals surface area contributed by atoms with Crippen LogP contribution in [-0.4, -0.2) is 19.3 Å². The number of benzene rings is 2. The standard InChI is InChI=1S/C17H12ClIN2O4S/c1-10(22)21-14-6-2-3-7-15(14)26(23,24)25-17-13(19)9-12(18)11-5-4-8-20-16(11)17/h2-9H,1H3,(H,21,22). The molecule has 1 amide bonds. The lowest BCUT2D eigenvalue weighted by molar-refractivity contribution is -0.114. The number of hydrogen-bond acceptors (Lipinski definition) is 5. The quantitative estimate of drug-likeness (QED) is 0.427. The van der Waals surface area contributed by atoms with Gasteiger partial charge in [0.15, 0.2) is 5.75 Å². The number of para-hydroxylation sites is 1. The fraction of sp³-hybridized carbons (Fsp3) is 0.0588. The number of hydrogen-bond donors (Lipinski definition) is 1. The Morgan fingerprint density at radius 2 is 1.96 bits per heavy atom. The zero-order valence-corrected chi connectivity index (χ0v) is 17.1. The second kappa shape index (κ2) is 7.37. The normalized spacial score (nSPS) is 11.3. The summed E-state index contributed by atoms with van der Waals surface area (Å²) in [6.45, 7) is 1.30. The maximum absolute atomic E-state index is 12.8. The van der Waals surface area contributed by atoms with Gasteiger partial charge in [-0.2, -0.15) is 8.42 Å². The predicted molar refractivity (Wildman–Crippen MR) is 108 cm³/mol. The van der Waals surface area contributed by atoms with E-state index in [-0.39, 0.29) is 22.2 Å². The molecule has 3 rings (SSSR count). The lowest BCUT2D eigenvalue weighted by Crippen LogP contribution is -2.15. The van der Waals surface area contributed by atoms with E-state index in [9.17, 15) is 13.2 Å². The van der Waals surface area contributed by atoms with Crippen molar-refractivity contribution in [3.8, 4) is 5.75 Å². The minimum atomic E-state index is -4.22. The minimum absolute atomic E-state index is 0.0863. The van der Waals surface area contributed by atoms with Gasteiger partial charge in [-0.15, -0.1) is 0 Å². The molecule has 134 valence electrons. The van der Waals surface area contributed by atoms with E-state index in [0.717, 1.165) is 0 Å². The predicted octanol–water partition coefficient (Wildman–Crippen LogP) is 4.22. The fourth-order valence-corrected chi connectivity index (χ4v) is 4.74. The molecule has 0 unspecified atom stereocenters.